The van der Waals surface area contributed by atoms with Crippen LogP contribution in [0.4, 0.5) is 5.69 Å². The third-order valence-electron chi connectivity index (χ3n) is 13.5. The van der Waals surface area contributed by atoms with Crippen LogP contribution in [-0.2, 0) is 16.1 Å². The number of hydrogen-bond donors (Lipinski definition) is 1. The van der Waals surface area contributed by atoms with Gasteiger partial charge in [0.05, 0.1) is 39.5 Å². The maximum atomic E-state index is 13.8. The molecule has 5 amide bonds. The normalized spacial score (nSPS) is 24.8. The molecule has 14 heteroatoms. The molecule has 1 aromatic heterocycles. The molecule has 3 aromatic rings. The van der Waals surface area contributed by atoms with Crippen molar-refractivity contribution in [1.82, 2.24) is 25.0 Å². The van der Waals surface area contributed by atoms with Gasteiger partial charge in [0.2, 0.25) is 11.8 Å². The van der Waals surface area contributed by atoms with E-state index in [1.165, 1.54) is 0 Å². The van der Waals surface area contributed by atoms with E-state index in [1.54, 1.807) is 30.3 Å². The molecule has 4 fully saturated rings. The summed E-state index contributed by atoms with van der Waals surface area (Å²) >= 11 is 6.28. The fourth-order valence-electron chi connectivity index (χ4n) is 10.9. The summed E-state index contributed by atoms with van der Waals surface area (Å²) in [5.74, 6) is 6.07. The molecule has 2 aromatic carbocycles. The van der Waals surface area contributed by atoms with Crippen LogP contribution in [0, 0.1) is 45.8 Å². The molecular weight excluding hydrogens is 782 g/mol. The van der Waals surface area contributed by atoms with Gasteiger partial charge >= 0.3 is 0 Å². The number of anilines is 1. The molecule has 6 aliphatic rings. The van der Waals surface area contributed by atoms with E-state index < -0.39 is 29.7 Å². The number of carbonyl (C=O) groups excluding carboxylic acids is 5. The molecule has 9 rings (SSSR count). The van der Waals surface area contributed by atoms with Crippen LogP contribution < -0.4 is 15.0 Å². The number of nitrogens with zero attached hydrogens (tertiary/aromatic N) is 6. The zero-order valence-corrected chi connectivity index (χ0v) is 34.8. The Kier molecular flexibility index (Phi) is 9.76. The second-order valence-electron chi connectivity index (χ2n) is 18.2. The number of benzene rings is 2. The molecule has 6 heterocycles. The number of carbonyl (C=O) groups is 5. The van der Waals surface area contributed by atoms with E-state index in [2.05, 4.69) is 60.7 Å². The standard InChI is InChI=1S/C46H46ClN7O6/c1-45(2)43(46(3,4)44(45)60-31-10-6-28(21-48)35(47)20-31)53-25-36-33(40(53)57)11-8-29(49-36)7-5-27-23-51(24-27)22-26-15-17-52(18-16-26)30-9-12-32-34(19-30)42(59)54(41(32)58)37-13-14-38(55)50-39(37)56/h6,8-12,19-20,26-27,37,43-44H,13-18,22-25H2,1-4H3,(H,50,55,56). The molecular formula is C46H46ClN7O6. The second-order valence-corrected chi connectivity index (χ2v) is 18.6. The minimum atomic E-state index is -0.977. The van der Waals surface area contributed by atoms with E-state index in [1.807, 2.05) is 23.1 Å². The van der Waals surface area contributed by atoms with Gasteiger partial charge < -0.3 is 19.4 Å². The number of ether oxygens (including phenoxy) is 1. The molecule has 1 saturated carbocycles. The predicted molar refractivity (Wildman–Crippen MR) is 221 cm³/mol. The van der Waals surface area contributed by atoms with Gasteiger partial charge in [-0.05, 0) is 73.6 Å². The van der Waals surface area contributed by atoms with Crippen molar-refractivity contribution >= 4 is 46.8 Å². The maximum absolute atomic E-state index is 13.8. The Bertz CT molecular complexity index is 2450. The van der Waals surface area contributed by atoms with Gasteiger partial charge in [-0.15, -0.1) is 0 Å². The molecule has 60 heavy (non-hydrogen) atoms. The molecule has 1 N–H and O–H groups in total. The van der Waals surface area contributed by atoms with Gasteiger partial charge in [-0.3, -0.25) is 34.2 Å². The first-order valence-electron chi connectivity index (χ1n) is 20.7. The average molecular weight is 828 g/mol. The van der Waals surface area contributed by atoms with Crippen LogP contribution in [0.5, 0.6) is 5.75 Å². The second kappa shape index (κ2) is 14.8. The smallest absolute Gasteiger partial charge is 0.262 e. The highest BCUT2D eigenvalue weighted by Gasteiger charge is 2.67. The highest BCUT2D eigenvalue weighted by atomic mass is 35.5. The molecule has 308 valence electrons. The summed E-state index contributed by atoms with van der Waals surface area (Å²) in [7, 11) is 0. The van der Waals surface area contributed by atoms with Gasteiger partial charge in [-0.25, -0.2) is 4.98 Å². The van der Waals surface area contributed by atoms with E-state index in [4.69, 9.17) is 21.3 Å². The number of likely N-dealkylation sites (tertiary alicyclic amines) is 1. The van der Waals surface area contributed by atoms with Gasteiger partial charge in [0.1, 0.15) is 29.7 Å². The molecule has 3 saturated heterocycles. The first-order chi connectivity index (χ1) is 28.6. The highest BCUT2D eigenvalue weighted by molar-refractivity contribution is 6.31. The number of imide groups is 2. The summed E-state index contributed by atoms with van der Waals surface area (Å²) in [5.41, 5.74) is 3.18. The number of hydrogen-bond acceptors (Lipinski definition) is 10. The van der Waals surface area contributed by atoms with Crippen molar-refractivity contribution in [1.29, 1.82) is 5.26 Å². The molecule has 1 aliphatic carbocycles. The van der Waals surface area contributed by atoms with Gasteiger partial charge in [-0.2, -0.15) is 5.26 Å². The van der Waals surface area contributed by atoms with Crippen LogP contribution in [0.1, 0.15) is 101 Å². The van der Waals surface area contributed by atoms with Crippen LogP contribution in [0.2, 0.25) is 5.02 Å². The lowest BCUT2D eigenvalue weighted by atomic mass is 9.49. The molecule has 0 bridgehead atoms. The van der Waals surface area contributed by atoms with Crippen LogP contribution in [0.3, 0.4) is 0 Å². The molecule has 0 radical (unpaired) electrons. The zero-order chi connectivity index (χ0) is 42.2. The van der Waals surface area contributed by atoms with Gasteiger partial charge in [-0.1, -0.05) is 45.2 Å². The third-order valence-corrected chi connectivity index (χ3v) is 13.8. The number of rotatable bonds is 7. The van der Waals surface area contributed by atoms with Crippen molar-refractivity contribution in [2.75, 3.05) is 37.6 Å². The summed E-state index contributed by atoms with van der Waals surface area (Å²) in [6, 6.07) is 15.1. The number of nitrogens with one attached hydrogen (secondary N) is 1. The van der Waals surface area contributed by atoms with E-state index >= 15 is 0 Å². The number of fused-ring (bicyclic) bond motifs is 2. The van der Waals surface area contributed by atoms with E-state index in [9.17, 15) is 29.2 Å². The Morgan fingerprint density at radius 1 is 0.883 bits per heavy atom. The lowest BCUT2D eigenvalue weighted by Crippen LogP contribution is -2.74. The Hall–Kier alpha value is -5.76. The number of aromatic nitrogens is 1. The van der Waals surface area contributed by atoms with Crippen LogP contribution in [-0.4, -0.2) is 100 Å². The quantitative estimate of drug-likeness (QED) is 0.253. The Balaban J connectivity index is 0.754. The minimum Gasteiger partial charge on any atom is -0.489 e. The topological polar surface area (TPSA) is 156 Å². The molecule has 13 nitrogen and oxygen atoms in total. The van der Waals surface area contributed by atoms with Crippen LogP contribution >= 0.6 is 11.6 Å². The summed E-state index contributed by atoms with van der Waals surface area (Å²) in [5, 5.41) is 11.8. The van der Waals surface area contributed by atoms with Crippen LogP contribution in [0.25, 0.3) is 0 Å². The Morgan fingerprint density at radius 3 is 2.30 bits per heavy atom. The van der Waals surface area contributed by atoms with Crippen molar-refractivity contribution in [3.63, 3.8) is 0 Å². The fraction of sp³-hybridized carbons (Fsp3) is 0.457. The summed E-state index contributed by atoms with van der Waals surface area (Å²) in [6.45, 7) is 13.4. The Labute approximate surface area is 354 Å². The number of nitriles is 1. The highest BCUT2D eigenvalue weighted by Crippen LogP contribution is 2.59. The minimum absolute atomic E-state index is 0.0271. The lowest BCUT2D eigenvalue weighted by Gasteiger charge is -2.65. The monoisotopic (exact) mass is 827 g/mol. The molecule has 1 unspecified atom stereocenters. The fourth-order valence-corrected chi connectivity index (χ4v) is 11.1. The van der Waals surface area contributed by atoms with Crippen molar-refractivity contribution in [3.05, 3.63) is 87.2 Å². The largest absolute Gasteiger partial charge is 0.489 e. The average Bonchev–Trinajstić information content (AvgIpc) is 3.64. The first kappa shape index (κ1) is 39.7. The predicted octanol–water partition coefficient (Wildman–Crippen LogP) is 5.05. The number of amides is 5. The van der Waals surface area contributed by atoms with E-state index in [0.29, 0.717) is 51.2 Å². The van der Waals surface area contributed by atoms with Crippen molar-refractivity contribution in [2.45, 2.75) is 78.1 Å². The zero-order valence-electron chi connectivity index (χ0n) is 34.1. The van der Waals surface area contributed by atoms with Crippen molar-refractivity contribution in [2.24, 2.45) is 22.7 Å². The summed E-state index contributed by atoms with van der Waals surface area (Å²) in [6.07, 6.45) is 2.03. The van der Waals surface area contributed by atoms with Crippen molar-refractivity contribution < 1.29 is 28.7 Å². The summed E-state index contributed by atoms with van der Waals surface area (Å²) < 4.78 is 6.46. The maximum Gasteiger partial charge on any atom is 0.262 e. The SMILES string of the molecule is CC1(C)C(Oc2ccc(C#N)c(Cl)c2)C(C)(C)C1N1Cc2nc(C#CC3CN(CC4CCN(c5ccc6c(c5)C(=O)N(C5CCC(=O)NC5=O)C6=O)CC4)C3)ccc2C1=O. The van der Waals surface area contributed by atoms with E-state index in [0.717, 1.165) is 61.8 Å². The third kappa shape index (κ3) is 6.68. The van der Waals surface area contributed by atoms with Crippen LogP contribution in [0.15, 0.2) is 48.5 Å². The number of halogens is 1. The molecule has 0 spiro atoms. The van der Waals surface area contributed by atoms with Crippen molar-refractivity contribution in [3.8, 4) is 23.7 Å². The van der Waals surface area contributed by atoms with E-state index in [-0.39, 0.29) is 47.6 Å². The van der Waals surface area contributed by atoms with Gasteiger partial charge in [0, 0.05) is 73.7 Å². The number of piperidine rings is 2. The lowest BCUT2D eigenvalue weighted by molar-refractivity contribution is -0.199. The first-order valence-corrected chi connectivity index (χ1v) is 21.0. The number of pyridine rings is 1. The van der Waals surface area contributed by atoms with Gasteiger partial charge in [0.25, 0.3) is 17.7 Å². The van der Waals surface area contributed by atoms with Gasteiger partial charge in [0.15, 0.2) is 0 Å². The Morgan fingerprint density at radius 2 is 1.60 bits per heavy atom. The molecule has 1 atom stereocenters. The summed E-state index contributed by atoms with van der Waals surface area (Å²) in [4.78, 5) is 76.7. The molecule has 5 aliphatic heterocycles.